The highest BCUT2D eigenvalue weighted by Gasteiger charge is 2.23. The van der Waals surface area contributed by atoms with Crippen LogP contribution in [0.1, 0.15) is 34.1 Å². The van der Waals surface area contributed by atoms with Gasteiger partial charge in [0.25, 0.3) is 5.91 Å². The second-order valence-corrected chi connectivity index (χ2v) is 8.39. The number of nitrogens with zero attached hydrogens (tertiary/aromatic N) is 2. The number of anilines is 1. The van der Waals surface area contributed by atoms with Gasteiger partial charge < -0.3 is 20.1 Å². The van der Waals surface area contributed by atoms with Crippen LogP contribution in [0.25, 0.3) is 10.9 Å². The minimum Gasteiger partial charge on any atom is -0.484 e. The van der Waals surface area contributed by atoms with Crippen LogP contribution in [0, 0.1) is 5.82 Å². The van der Waals surface area contributed by atoms with Crippen LogP contribution in [0.5, 0.6) is 5.75 Å². The Labute approximate surface area is 213 Å². The van der Waals surface area contributed by atoms with Gasteiger partial charge in [0.05, 0.1) is 6.61 Å². The Hall–Kier alpha value is -4.37. The number of hydrogen-bond donors (Lipinski definition) is 2. The molecule has 0 saturated heterocycles. The van der Waals surface area contributed by atoms with Gasteiger partial charge in [0, 0.05) is 32.2 Å². The first-order chi connectivity index (χ1) is 17.9. The van der Waals surface area contributed by atoms with Gasteiger partial charge in [-0.2, -0.15) is 0 Å². The Morgan fingerprint density at radius 1 is 1.00 bits per heavy atom. The normalized spacial score (nSPS) is 10.8. The molecule has 0 saturated carbocycles. The number of ether oxygens (including phenoxy) is 2. The van der Waals surface area contributed by atoms with E-state index in [9.17, 15) is 14.0 Å². The number of fused-ring (bicyclic) bond motifs is 1. The van der Waals surface area contributed by atoms with Gasteiger partial charge >= 0.3 is 0 Å². The Bertz CT molecular complexity index is 1400. The summed E-state index contributed by atoms with van der Waals surface area (Å²) in [6.45, 7) is 2.14. The first-order valence-electron chi connectivity index (χ1n) is 11.7. The average molecular weight is 503 g/mol. The van der Waals surface area contributed by atoms with Crippen molar-refractivity contribution in [2.45, 2.75) is 20.0 Å². The van der Waals surface area contributed by atoms with E-state index in [1.54, 1.807) is 18.3 Å². The summed E-state index contributed by atoms with van der Waals surface area (Å²) >= 11 is 0. The number of carbonyl (C=O) groups excluding carboxylic acids is 2. The molecule has 37 heavy (non-hydrogen) atoms. The van der Waals surface area contributed by atoms with Crippen molar-refractivity contribution in [3.8, 4) is 5.75 Å². The van der Waals surface area contributed by atoms with Crippen molar-refractivity contribution in [1.29, 1.82) is 0 Å². The summed E-state index contributed by atoms with van der Waals surface area (Å²) in [5.74, 6) is -0.739. The van der Waals surface area contributed by atoms with E-state index < -0.39 is 5.91 Å². The molecule has 0 bridgehead atoms. The molecule has 8 nitrogen and oxygen atoms in total. The summed E-state index contributed by atoms with van der Waals surface area (Å²) in [7, 11) is 1.54. The molecule has 0 atom stereocenters. The quantitative estimate of drug-likeness (QED) is 0.314. The van der Waals surface area contributed by atoms with Crippen LogP contribution >= 0.6 is 0 Å². The number of pyridine rings is 2. The van der Waals surface area contributed by atoms with Crippen LogP contribution in [0.2, 0.25) is 0 Å². The maximum absolute atomic E-state index is 13.3. The number of amides is 2. The third kappa shape index (κ3) is 6.65. The molecule has 0 spiro atoms. The van der Waals surface area contributed by atoms with E-state index in [2.05, 4.69) is 20.6 Å². The van der Waals surface area contributed by atoms with Gasteiger partial charge in [0.1, 0.15) is 23.8 Å². The molecule has 0 radical (unpaired) electrons. The van der Waals surface area contributed by atoms with E-state index in [0.29, 0.717) is 23.9 Å². The van der Waals surface area contributed by atoms with Crippen molar-refractivity contribution in [2.75, 3.05) is 25.6 Å². The Morgan fingerprint density at radius 3 is 2.46 bits per heavy atom. The highest BCUT2D eigenvalue weighted by atomic mass is 19.1. The van der Waals surface area contributed by atoms with Crippen molar-refractivity contribution in [3.05, 3.63) is 95.1 Å². The zero-order chi connectivity index (χ0) is 26.2. The highest BCUT2D eigenvalue weighted by molar-refractivity contribution is 6.06. The molecule has 0 aliphatic carbocycles. The summed E-state index contributed by atoms with van der Waals surface area (Å²) in [6.07, 6.45) is 2.16. The monoisotopic (exact) mass is 502 g/mol. The molecule has 2 aromatic heterocycles. The standard InChI is InChI=1S/C28H27FN4O4/c1-18(34)32-27-23-15-21(14-19-8-10-22(29)11-9-19)16-31-24(23)26(37-17-20-6-4-3-5-7-20)25(33-27)28(35)30-12-13-36-2/h3-11,15-16H,12-14,17H2,1-2H3,(H,30,35)(H,32,33,34). The minimum atomic E-state index is -0.481. The van der Waals surface area contributed by atoms with Crippen molar-refractivity contribution >= 4 is 28.5 Å². The zero-order valence-corrected chi connectivity index (χ0v) is 20.6. The number of hydrogen-bond acceptors (Lipinski definition) is 6. The maximum Gasteiger partial charge on any atom is 0.274 e. The van der Waals surface area contributed by atoms with Crippen LogP contribution in [0.15, 0.2) is 66.9 Å². The lowest BCUT2D eigenvalue weighted by Crippen LogP contribution is -2.28. The van der Waals surface area contributed by atoms with E-state index in [1.165, 1.54) is 26.2 Å². The predicted molar refractivity (Wildman–Crippen MR) is 138 cm³/mol. The third-order valence-corrected chi connectivity index (χ3v) is 5.50. The molecule has 0 aliphatic heterocycles. The molecule has 4 aromatic rings. The summed E-state index contributed by atoms with van der Waals surface area (Å²) in [5.41, 5.74) is 3.00. The van der Waals surface area contributed by atoms with Crippen LogP contribution in [0.3, 0.4) is 0 Å². The van der Waals surface area contributed by atoms with Crippen molar-refractivity contribution in [2.24, 2.45) is 0 Å². The Kier molecular flexibility index (Phi) is 8.37. The Morgan fingerprint density at radius 2 is 1.76 bits per heavy atom. The lowest BCUT2D eigenvalue weighted by Gasteiger charge is -2.17. The lowest BCUT2D eigenvalue weighted by atomic mass is 10.0. The summed E-state index contributed by atoms with van der Waals surface area (Å²) in [5, 5.41) is 5.98. The molecule has 2 aromatic carbocycles. The molecule has 4 rings (SSSR count). The number of carbonyl (C=O) groups is 2. The molecule has 190 valence electrons. The fraction of sp³-hybridized carbons (Fsp3) is 0.214. The number of methoxy groups -OCH3 is 1. The minimum absolute atomic E-state index is 0.00192. The summed E-state index contributed by atoms with van der Waals surface area (Å²) in [6, 6.07) is 17.6. The molecule has 2 heterocycles. The highest BCUT2D eigenvalue weighted by Crippen LogP contribution is 2.33. The second kappa shape index (κ2) is 12.0. The average Bonchev–Trinajstić information content (AvgIpc) is 2.89. The van der Waals surface area contributed by atoms with Crippen LogP contribution in [-0.2, 0) is 22.6 Å². The fourth-order valence-electron chi connectivity index (χ4n) is 3.77. The van der Waals surface area contributed by atoms with Gasteiger partial charge in [-0.15, -0.1) is 0 Å². The van der Waals surface area contributed by atoms with E-state index in [0.717, 1.165) is 16.7 Å². The molecular weight excluding hydrogens is 475 g/mol. The first kappa shape index (κ1) is 25.7. The van der Waals surface area contributed by atoms with Crippen molar-refractivity contribution < 1.29 is 23.5 Å². The van der Waals surface area contributed by atoms with Crippen molar-refractivity contribution in [1.82, 2.24) is 15.3 Å². The Balaban J connectivity index is 1.79. The van der Waals surface area contributed by atoms with Crippen molar-refractivity contribution in [3.63, 3.8) is 0 Å². The second-order valence-electron chi connectivity index (χ2n) is 8.39. The third-order valence-electron chi connectivity index (χ3n) is 5.50. The molecule has 0 aliphatic rings. The summed E-state index contributed by atoms with van der Waals surface area (Å²) < 4.78 is 24.5. The zero-order valence-electron chi connectivity index (χ0n) is 20.6. The lowest BCUT2D eigenvalue weighted by molar-refractivity contribution is -0.114. The van der Waals surface area contributed by atoms with E-state index in [4.69, 9.17) is 9.47 Å². The number of aromatic nitrogens is 2. The first-order valence-corrected chi connectivity index (χ1v) is 11.7. The summed E-state index contributed by atoms with van der Waals surface area (Å²) in [4.78, 5) is 34.2. The van der Waals surface area contributed by atoms with E-state index in [-0.39, 0.29) is 42.1 Å². The molecule has 2 amide bonds. The molecular formula is C28H27FN4O4. The largest absolute Gasteiger partial charge is 0.484 e. The molecule has 2 N–H and O–H groups in total. The van der Waals surface area contributed by atoms with Crippen LogP contribution in [-0.4, -0.2) is 42.0 Å². The maximum atomic E-state index is 13.3. The topological polar surface area (TPSA) is 102 Å². The number of halogens is 1. The molecule has 0 unspecified atom stereocenters. The smallest absolute Gasteiger partial charge is 0.274 e. The fourth-order valence-corrected chi connectivity index (χ4v) is 3.77. The number of benzene rings is 2. The van der Waals surface area contributed by atoms with Gasteiger partial charge in [0.15, 0.2) is 11.4 Å². The number of rotatable bonds is 10. The SMILES string of the molecule is COCCNC(=O)c1nc(NC(C)=O)c2cc(Cc3ccc(F)cc3)cnc2c1OCc1ccccc1. The van der Waals surface area contributed by atoms with E-state index in [1.807, 2.05) is 36.4 Å². The van der Waals surface area contributed by atoms with E-state index >= 15 is 0 Å². The number of nitrogens with one attached hydrogen (secondary N) is 2. The molecule has 0 fully saturated rings. The van der Waals surface area contributed by atoms with Crippen LogP contribution in [0.4, 0.5) is 10.2 Å². The predicted octanol–water partition coefficient (Wildman–Crippen LogP) is 4.27. The van der Waals surface area contributed by atoms with Gasteiger partial charge in [-0.1, -0.05) is 42.5 Å². The van der Waals surface area contributed by atoms with Gasteiger partial charge in [-0.3, -0.25) is 14.6 Å². The van der Waals surface area contributed by atoms with Gasteiger partial charge in [-0.05, 0) is 41.3 Å². The van der Waals surface area contributed by atoms with Gasteiger partial charge in [0.2, 0.25) is 5.91 Å². The van der Waals surface area contributed by atoms with Crippen LogP contribution < -0.4 is 15.4 Å². The van der Waals surface area contributed by atoms with Gasteiger partial charge in [-0.25, -0.2) is 9.37 Å². The molecule has 9 heteroatoms.